The van der Waals surface area contributed by atoms with E-state index in [4.69, 9.17) is 9.72 Å². The lowest BCUT2D eigenvalue weighted by Crippen LogP contribution is -2.27. The number of pyridine rings is 1. The first kappa shape index (κ1) is 14.9. The summed E-state index contributed by atoms with van der Waals surface area (Å²) >= 11 is 0. The highest BCUT2D eigenvalue weighted by Crippen LogP contribution is 2.30. The van der Waals surface area contributed by atoms with Crippen molar-refractivity contribution in [2.24, 2.45) is 0 Å². The molecule has 0 spiro atoms. The van der Waals surface area contributed by atoms with Gasteiger partial charge in [-0.25, -0.2) is 9.37 Å². The van der Waals surface area contributed by atoms with Crippen LogP contribution >= 0.6 is 0 Å². The average molecular weight is 324 g/mol. The van der Waals surface area contributed by atoms with E-state index in [1.54, 1.807) is 12.1 Å². The van der Waals surface area contributed by atoms with Gasteiger partial charge in [0.05, 0.1) is 25.2 Å². The molecule has 0 atom stereocenters. The lowest BCUT2D eigenvalue weighted by Gasteiger charge is -2.24. The lowest BCUT2D eigenvalue weighted by atomic mass is 10.1. The van der Waals surface area contributed by atoms with Crippen molar-refractivity contribution in [2.45, 2.75) is 13.2 Å². The van der Waals surface area contributed by atoms with E-state index in [1.165, 1.54) is 6.07 Å². The van der Waals surface area contributed by atoms with Crippen LogP contribution in [0.4, 0.5) is 10.2 Å². The molecule has 3 aromatic rings. The Bertz CT molecular complexity index is 898. The molecule has 1 aliphatic rings. The Morgan fingerprint density at radius 3 is 2.92 bits per heavy atom. The SMILES string of the molecule is OCc1cc2ccccc2nc1N1CCOc2cccc(F)c2C1. The Labute approximate surface area is 139 Å². The van der Waals surface area contributed by atoms with Crippen LogP contribution in [0.1, 0.15) is 11.1 Å². The Hall–Kier alpha value is -2.66. The number of hydrogen-bond donors (Lipinski definition) is 1. The summed E-state index contributed by atoms with van der Waals surface area (Å²) in [5.74, 6) is 0.963. The minimum atomic E-state index is -0.286. The first-order valence-corrected chi connectivity index (χ1v) is 7.91. The van der Waals surface area contributed by atoms with Gasteiger partial charge >= 0.3 is 0 Å². The molecule has 5 heteroatoms. The van der Waals surface area contributed by atoms with Gasteiger partial charge in [-0.3, -0.25) is 0 Å². The molecule has 122 valence electrons. The molecule has 0 amide bonds. The molecule has 2 heterocycles. The monoisotopic (exact) mass is 324 g/mol. The Balaban J connectivity index is 1.80. The summed E-state index contributed by atoms with van der Waals surface area (Å²) in [5, 5.41) is 10.7. The molecule has 0 saturated heterocycles. The van der Waals surface area contributed by atoms with Gasteiger partial charge in [-0.1, -0.05) is 24.3 Å². The second kappa shape index (κ2) is 6.09. The summed E-state index contributed by atoms with van der Waals surface area (Å²) in [6.07, 6.45) is 0. The third kappa shape index (κ3) is 2.57. The predicted molar refractivity (Wildman–Crippen MR) is 90.6 cm³/mol. The van der Waals surface area contributed by atoms with Gasteiger partial charge in [0.15, 0.2) is 0 Å². The van der Waals surface area contributed by atoms with Gasteiger partial charge in [0.1, 0.15) is 24.0 Å². The number of rotatable bonds is 2. The van der Waals surface area contributed by atoms with Gasteiger partial charge < -0.3 is 14.7 Å². The highest BCUT2D eigenvalue weighted by molar-refractivity contribution is 5.81. The van der Waals surface area contributed by atoms with Crippen molar-refractivity contribution in [3.05, 3.63) is 65.5 Å². The number of hydrogen-bond acceptors (Lipinski definition) is 4. The molecule has 0 radical (unpaired) electrons. The van der Waals surface area contributed by atoms with Gasteiger partial charge in [0.25, 0.3) is 0 Å². The van der Waals surface area contributed by atoms with E-state index in [-0.39, 0.29) is 12.4 Å². The smallest absolute Gasteiger partial charge is 0.135 e. The first-order valence-electron chi connectivity index (χ1n) is 7.91. The largest absolute Gasteiger partial charge is 0.491 e. The standard InChI is InChI=1S/C19H17FN2O2/c20-16-5-3-7-18-15(16)11-22(8-9-24-18)19-14(12-23)10-13-4-1-2-6-17(13)21-19/h1-7,10,23H,8-9,11-12H2. The Kier molecular flexibility index (Phi) is 3.78. The van der Waals surface area contributed by atoms with Crippen molar-refractivity contribution in [1.29, 1.82) is 0 Å². The van der Waals surface area contributed by atoms with E-state index in [0.29, 0.717) is 36.8 Å². The molecular formula is C19H17FN2O2. The summed E-state index contributed by atoms with van der Waals surface area (Å²) in [7, 11) is 0. The van der Waals surface area contributed by atoms with E-state index >= 15 is 0 Å². The van der Waals surface area contributed by atoms with Crippen LogP contribution in [-0.2, 0) is 13.2 Å². The number of nitrogens with zero attached hydrogens (tertiary/aromatic N) is 2. The zero-order valence-corrected chi connectivity index (χ0v) is 13.1. The molecule has 1 aromatic heterocycles. The molecule has 1 aliphatic heterocycles. The van der Waals surface area contributed by atoms with Crippen molar-refractivity contribution >= 4 is 16.7 Å². The fourth-order valence-corrected chi connectivity index (χ4v) is 3.08. The zero-order chi connectivity index (χ0) is 16.5. The highest BCUT2D eigenvalue weighted by Gasteiger charge is 2.21. The van der Waals surface area contributed by atoms with Crippen LogP contribution in [0.3, 0.4) is 0 Å². The molecule has 0 aliphatic carbocycles. The summed E-state index contributed by atoms with van der Waals surface area (Å²) in [5.41, 5.74) is 2.10. The van der Waals surface area contributed by atoms with Gasteiger partial charge in [-0.2, -0.15) is 0 Å². The normalized spacial score (nSPS) is 14.2. The van der Waals surface area contributed by atoms with Crippen LogP contribution in [0.2, 0.25) is 0 Å². The minimum Gasteiger partial charge on any atom is -0.491 e. The zero-order valence-electron chi connectivity index (χ0n) is 13.1. The van der Waals surface area contributed by atoms with Crippen LogP contribution in [0.25, 0.3) is 10.9 Å². The fourth-order valence-electron chi connectivity index (χ4n) is 3.08. The quantitative estimate of drug-likeness (QED) is 0.786. The van der Waals surface area contributed by atoms with Gasteiger partial charge in [0.2, 0.25) is 0 Å². The maximum Gasteiger partial charge on any atom is 0.135 e. The number of ether oxygens (including phenoxy) is 1. The Morgan fingerprint density at radius 2 is 2.04 bits per heavy atom. The summed E-state index contributed by atoms with van der Waals surface area (Å²) < 4.78 is 19.9. The van der Waals surface area contributed by atoms with E-state index < -0.39 is 0 Å². The van der Waals surface area contributed by atoms with Crippen LogP contribution < -0.4 is 9.64 Å². The van der Waals surface area contributed by atoms with Crippen LogP contribution in [0, 0.1) is 5.82 Å². The maximum absolute atomic E-state index is 14.2. The molecule has 0 fully saturated rings. The number of aliphatic hydroxyl groups excluding tert-OH is 1. The number of aliphatic hydroxyl groups is 1. The van der Waals surface area contributed by atoms with Crippen molar-refractivity contribution in [2.75, 3.05) is 18.1 Å². The van der Waals surface area contributed by atoms with Crippen LogP contribution in [0.5, 0.6) is 5.75 Å². The average Bonchev–Trinajstić information content (AvgIpc) is 2.84. The lowest BCUT2D eigenvalue weighted by molar-refractivity contribution is 0.281. The number of anilines is 1. The highest BCUT2D eigenvalue weighted by atomic mass is 19.1. The maximum atomic E-state index is 14.2. The summed E-state index contributed by atoms with van der Waals surface area (Å²) in [6, 6.07) is 14.6. The first-order chi connectivity index (χ1) is 11.8. The third-order valence-corrected chi connectivity index (χ3v) is 4.29. The van der Waals surface area contributed by atoms with Crippen LogP contribution in [-0.4, -0.2) is 23.2 Å². The summed E-state index contributed by atoms with van der Waals surface area (Å²) in [4.78, 5) is 6.67. The van der Waals surface area contributed by atoms with Crippen molar-refractivity contribution in [3.63, 3.8) is 0 Å². The van der Waals surface area contributed by atoms with Crippen LogP contribution in [0.15, 0.2) is 48.5 Å². The molecule has 4 nitrogen and oxygen atoms in total. The molecule has 2 aromatic carbocycles. The molecule has 4 rings (SSSR count). The summed E-state index contributed by atoms with van der Waals surface area (Å²) in [6.45, 7) is 1.26. The Morgan fingerprint density at radius 1 is 1.17 bits per heavy atom. The second-order valence-electron chi connectivity index (χ2n) is 5.81. The molecule has 1 N–H and O–H groups in total. The van der Waals surface area contributed by atoms with Gasteiger partial charge in [-0.15, -0.1) is 0 Å². The van der Waals surface area contributed by atoms with Gasteiger partial charge in [0, 0.05) is 16.5 Å². The number of fused-ring (bicyclic) bond motifs is 2. The topological polar surface area (TPSA) is 45.6 Å². The molecule has 0 unspecified atom stereocenters. The van der Waals surface area contributed by atoms with Crippen molar-refractivity contribution in [1.82, 2.24) is 4.98 Å². The van der Waals surface area contributed by atoms with E-state index in [0.717, 1.165) is 16.5 Å². The number of halogens is 1. The fraction of sp³-hybridized carbons (Fsp3) is 0.211. The number of aromatic nitrogens is 1. The molecule has 0 saturated carbocycles. The third-order valence-electron chi connectivity index (χ3n) is 4.29. The van der Waals surface area contributed by atoms with Crippen molar-refractivity contribution < 1.29 is 14.2 Å². The molecular weight excluding hydrogens is 307 g/mol. The van der Waals surface area contributed by atoms with E-state index in [1.807, 2.05) is 35.2 Å². The number of para-hydroxylation sites is 1. The second-order valence-corrected chi connectivity index (χ2v) is 5.81. The van der Waals surface area contributed by atoms with E-state index in [2.05, 4.69) is 0 Å². The van der Waals surface area contributed by atoms with E-state index in [9.17, 15) is 9.50 Å². The van der Waals surface area contributed by atoms with Crippen molar-refractivity contribution in [3.8, 4) is 5.75 Å². The molecule has 24 heavy (non-hydrogen) atoms. The predicted octanol–water partition coefficient (Wildman–Crippen LogP) is 3.27. The number of benzene rings is 2. The molecule has 0 bridgehead atoms. The van der Waals surface area contributed by atoms with Gasteiger partial charge in [-0.05, 0) is 24.3 Å². The minimum absolute atomic E-state index is 0.116.